The molecule has 0 bridgehead atoms. The van der Waals surface area contributed by atoms with Gasteiger partial charge in [-0.1, -0.05) is 66.7 Å². The van der Waals surface area contributed by atoms with Crippen LogP contribution in [0.3, 0.4) is 0 Å². The largest absolute Gasteiger partial charge is 1.00 e. The Labute approximate surface area is 240 Å². The van der Waals surface area contributed by atoms with Crippen LogP contribution >= 0.6 is 11.8 Å². The van der Waals surface area contributed by atoms with E-state index >= 15 is 0 Å². The second-order valence-corrected chi connectivity index (χ2v) is 9.97. The Morgan fingerprint density at radius 1 is 0.895 bits per heavy atom. The molecule has 190 valence electrons. The molecular weight excluding hydrogens is 489 g/mol. The van der Waals surface area contributed by atoms with Crippen molar-refractivity contribution in [2.45, 2.75) is 25.5 Å². The number of carboxylic acid groups (broad SMARTS) is 1. The molecule has 0 aliphatic carbocycles. The maximum absolute atomic E-state index is 13.4. The molecule has 1 amide bonds. The van der Waals surface area contributed by atoms with E-state index in [9.17, 15) is 14.7 Å². The fourth-order valence-corrected chi connectivity index (χ4v) is 5.06. The number of hydrogen-bond acceptors (Lipinski definition) is 4. The van der Waals surface area contributed by atoms with Gasteiger partial charge in [-0.3, -0.25) is 4.79 Å². The minimum atomic E-state index is -1.03. The molecule has 38 heavy (non-hydrogen) atoms. The van der Waals surface area contributed by atoms with E-state index in [0.717, 1.165) is 38.6 Å². The predicted molar refractivity (Wildman–Crippen MR) is 151 cm³/mol. The molecule has 5 nitrogen and oxygen atoms in total. The Balaban J connectivity index is 0.00000400. The van der Waals surface area contributed by atoms with Gasteiger partial charge in [0.15, 0.2) is 0 Å². The van der Waals surface area contributed by atoms with Gasteiger partial charge in [-0.25, -0.2) is 4.79 Å². The van der Waals surface area contributed by atoms with Crippen LogP contribution in [0.25, 0.3) is 21.9 Å². The average molecular weight is 521 g/mol. The van der Waals surface area contributed by atoms with E-state index in [1.165, 1.54) is 0 Å². The molecule has 4 aromatic carbocycles. The molecule has 4 rings (SSSR count). The summed E-state index contributed by atoms with van der Waals surface area (Å²) in [6.45, 7) is 2.00. The maximum Gasteiger partial charge on any atom is 1.00 e. The summed E-state index contributed by atoms with van der Waals surface area (Å²) in [4.78, 5) is 25.2. The van der Waals surface area contributed by atoms with E-state index < -0.39 is 17.9 Å². The van der Waals surface area contributed by atoms with Crippen LogP contribution in [0, 0.1) is 6.92 Å². The number of aliphatic carboxylic acids is 1. The third-order valence-corrected chi connectivity index (χ3v) is 7.20. The number of amides is 1. The van der Waals surface area contributed by atoms with Crippen LogP contribution in [0.15, 0.2) is 84.9 Å². The van der Waals surface area contributed by atoms with Gasteiger partial charge in [0.25, 0.3) is 5.91 Å². The zero-order valence-corrected chi connectivity index (χ0v) is 23.0. The van der Waals surface area contributed by atoms with E-state index in [1.807, 2.05) is 61.7 Å². The van der Waals surface area contributed by atoms with Crippen LogP contribution in [0.2, 0.25) is 0 Å². The molecule has 0 fully saturated rings. The molecule has 0 spiro atoms. The number of hydrogen-bond donors (Lipinski definition) is 2. The number of nitrogens with one attached hydrogen (secondary N) is 1. The van der Waals surface area contributed by atoms with Crippen molar-refractivity contribution in [3.8, 4) is 11.1 Å². The summed E-state index contributed by atoms with van der Waals surface area (Å²) in [5.41, 5.74) is 5.03. The first-order chi connectivity index (χ1) is 17.9. The molecule has 0 aliphatic rings. The first-order valence-electron chi connectivity index (χ1n) is 12.2. The topological polar surface area (TPSA) is 75.6 Å². The molecule has 0 aliphatic heterocycles. The number of aryl methyl sites for hydroxylation is 1. The van der Waals surface area contributed by atoms with E-state index in [0.29, 0.717) is 17.7 Å². The summed E-state index contributed by atoms with van der Waals surface area (Å²) in [5.74, 6) is -0.799. The fraction of sp³-hybridized carbons (Fsp3) is 0.226. The minimum Gasteiger partial charge on any atom is -0.480 e. The van der Waals surface area contributed by atoms with E-state index in [-0.39, 0.29) is 25.0 Å². The molecule has 0 saturated carbocycles. The third-order valence-electron chi connectivity index (χ3n) is 6.55. The minimum absolute atomic E-state index is 0. The van der Waals surface area contributed by atoms with Crippen LogP contribution in [0.5, 0.6) is 0 Å². The quantitative estimate of drug-likeness (QED) is 0.313. The van der Waals surface area contributed by atoms with Crippen molar-refractivity contribution in [3.63, 3.8) is 0 Å². The first kappa shape index (κ1) is 29.5. The Morgan fingerprint density at radius 2 is 1.55 bits per heavy atom. The van der Waals surface area contributed by atoms with Crippen LogP contribution < -0.4 is 24.2 Å². The van der Waals surface area contributed by atoms with Crippen molar-refractivity contribution in [3.05, 3.63) is 107 Å². The summed E-state index contributed by atoms with van der Waals surface area (Å²) in [5, 5.41) is 14.6. The molecule has 0 heterocycles. The molecule has 2 atom stereocenters. The summed E-state index contributed by atoms with van der Waals surface area (Å²) in [6, 6.07) is 27.0. The number of ether oxygens (including phenoxy) is 1. The van der Waals surface area contributed by atoms with Crippen molar-refractivity contribution in [1.29, 1.82) is 0 Å². The summed E-state index contributed by atoms with van der Waals surface area (Å²) >= 11 is 1.55. The van der Waals surface area contributed by atoms with Crippen LogP contribution in [0.4, 0.5) is 0 Å². The number of carbonyl (C=O) groups excluding carboxylic acids is 1. The molecule has 2 unspecified atom stereocenters. The third kappa shape index (κ3) is 6.70. The van der Waals surface area contributed by atoms with Gasteiger partial charge < -0.3 is 15.2 Å². The van der Waals surface area contributed by atoms with E-state index in [2.05, 4.69) is 35.6 Å². The zero-order valence-electron chi connectivity index (χ0n) is 22.2. The number of rotatable bonds is 10. The summed E-state index contributed by atoms with van der Waals surface area (Å²) in [7, 11) is 1.68. The molecule has 0 aromatic heterocycles. The van der Waals surface area contributed by atoms with Gasteiger partial charge in [0.1, 0.15) is 12.1 Å². The van der Waals surface area contributed by atoms with Crippen LogP contribution in [-0.4, -0.2) is 42.1 Å². The Morgan fingerprint density at radius 3 is 2.24 bits per heavy atom. The maximum atomic E-state index is 13.4. The smallest absolute Gasteiger partial charge is 0.480 e. The molecule has 2 N–H and O–H groups in total. The van der Waals surface area contributed by atoms with Crippen molar-refractivity contribution < 1.29 is 38.3 Å². The van der Waals surface area contributed by atoms with Gasteiger partial charge in [0, 0.05) is 12.7 Å². The number of fused-ring (bicyclic) bond motifs is 1. The second-order valence-electron chi connectivity index (χ2n) is 8.99. The number of benzene rings is 4. The number of methoxy groups -OCH3 is 1. The molecule has 0 radical (unpaired) electrons. The summed E-state index contributed by atoms with van der Waals surface area (Å²) in [6.07, 6.45) is 1.93. The fourth-order valence-electron chi connectivity index (χ4n) is 4.59. The van der Waals surface area contributed by atoms with Gasteiger partial charge in [0.2, 0.25) is 0 Å². The monoisotopic (exact) mass is 520 g/mol. The van der Waals surface area contributed by atoms with Crippen LogP contribution in [-0.2, 0) is 9.53 Å². The van der Waals surface area contributed by atoms with Gasteiger partial charge in [0.05, 0.1) is 0 Å². The van der Waals surface area contributed by atoms with Crippen LogP contribution in [0.1, 0.15) is 39.6 Å². The Kier molecular flexibility index (Phi) is 10.6. The SMILES string of the molecule is COC(c1ccc(C(=O)NC(CCSC)C(=O)O)c(-c2ccccc2C)c1)c1ccc2ccccc2c1.[Li+]. The van der Waals surface area contributed by atoms with Crippen molar-refractivity contribution in [2.24, 2.45) is 0 Å². The molecule has 4 aromatic rings. The van der Waals surface area contributed by atoms with Gasteiger partial charge >= 0.3 is 24.8 Å². The Hall–Kier alpha value is -3.01. The van der Waals surface area contributed by atoms with Gasteiger partial charge in [-0.15, -0.1) is 0 Å². The number of carboxylic acids is 1. The van der Waals surface area contributed by atoms with E-state index in [4.69, 9.17) is 4.74 Å². The molecular formula is C31H31LiNO4S+. The van der Waals surface area contributed by atoms with Crippen molar-refractivity contribution in [1.82, 2.24) is 5.32 Å². The molecule has 7 heteroatoms. The predicted octanol–water partition coefficient (Wildman–Crippen LogP) is 3.49. The van der Waals surface area contributed by atoms with Gasteiger partial charge in [-0.2, -0.15) is 11.8 Å². The normalized spacial score (nSPS) is 12.4. The zero-order chi connectivity index (χ0) is 26.4. The average Bonchev–Trinajstić information content (AvgIpc) is 2.91. The van der Waals surface area contributed by atoms with Crippen molar-refractivity contribution in [2.75, 3.05) is 19.1 Å². The van der Waals surface area contributed by atoms with Crippen molar-refractivity contribution >= 4 is 34.4 Å². The first-order valence-corrected chi connectivity index (χ1v) is 13.6. The molecule has 0 saturated heterocycles. The number of carbonyl (C=O) groups is 2. The number of thioether (sulfide) groups is 1. The van der Waals surface area contributed by atoms with E-state index in [1.54, 1.807) is 24.9 Å². The summed E-state index contributed by atoms with van der Waals surface area (Å²) < 4.78 is 5.95. The Bertz CT molecular complexity index is 1420. The standard InChI is InChI=1S/C31H31NO4S.Li/c1-20-8-4-7-11-25(20)27-19-24(14-15-26(27)30(33)32-28(31(34)35)16-17-37-3)29(36-2)23-13-12-21-9-5-6-10-22(21)18-23;/h4-15,18-19,28-29H,16-17H2,1-3H3,(H,32,33)(H,34,35);/q;+1. The van der Waals surface area contributed by atoms with Gasteiger partial charge in [-0.05, 0) is 82.1 Å². The second kappa shape index (κ2) is 13.7.